The molecule has 3 aliphatic rings. The molecule has 2 saturated heterocycles. The Morgan fingerprint density at radius 1 is 1.17 bits per heavy atom. The second-order valence-electron chi connectivity index (χ2n) is 6.24. The van der Waals surface area contributed by atoms with E-state index in [1.807, 2.05) is 23.1 Å². The minimum absolute atomic E-state index is 0.00363. The summed E-state index contributed by atoms with van der Waals surface area (Å²) in [5.74, 6) is 1.46. The Kier molecular flexibility index (Phi) is 3.99. The third-order valence-corrected chi connectivity index (χ3v) is 4.60. The van der Waals surface area contributed by atoms with Crippen molar-refractivity contribution in [2.24, 2.45) is 0 Å². The summed E-state index contributed by atoms with van der Waals surface area (Å²) in [5, 5.41) is 0. The maximum absolute atomic E-state index is 12.4. The van der Waals surface area contributed by atoms with E-state index in [2.05, 4.69) is 15.8 Å². The number of fused-ring (bicyclic) bond motifs is 1. The summed E-state index contributed by atoms with van der Waals surface area (Å²) < 4.78 is 10.7. The van der Waals surface area contributed by atoms with Crippen molar-refractivity contribution < 1.29 is 19.1 Å². The Hall–Kier alpha value is -2.32. The normalized spacial score (nSPS) is 23.4. The number of hydrogen-bond donors (Lipinski definition) is 2. The van der Waals surface area contributed by atoms with Gasteiger partial charge >= 0.3 is 0 Å². The van der Waals surface area contributed by atoms with Crippen molar-refractivity contribution in [3.05, 3.63) is 23.8 Å². The smallest absolute Gasteiger partial charge is 0.242 e. The van der Waals surface area contributed by atoms with Crippen molar-refractivity contribution in [3.63, 3.8) is 0 Å². The number of hydrogen-bond acceptors (Lipinski definition) is 6. The van der Waals surface area contributed by atoms with Crippen LogP contribution in [-0.2, 0) is 16.1 Å². The van der Waals surface area contributed by atoms with Gasteiger partial charge in [-0.15, -0.1) is 0 Å². The molecule has 1 aromatic rings. The third kappa shape index (κ3) is 3.02. The van der Waals surface area contributed by atoms with E-state index in [-0.39, 0.29) is 25.0 Å². The van der Waals surface area contributed by atoms with Crippen LogP contribution in [-0.4, -0.2) is 60.6 Å². The first-order valence-corrected chi connectivity index (χ1v) is 8.13. The van der Waals surface area contributed by atoms with Crippen LogP contribution in [0.2, 0.25) is 0 Å². The molecule has 1 aromatic carbocycles. The summed E-state index contributed by atoms with van der Waals surface area (Å²) in [6.45, 7) is 4.08. The summed E-state index contributed by atoms with van der Waals surface area (Å²) >= 11 is 0. The highest BCUT2D eigenvalue weighted by Crippen LogP contribution is 2.32. The van der Waals surface area contributed by atoms with Crippen molar-refractivity contribution in [3.8, 4) is 11.5 Å². The molecular weight excluding hydrogens is 312 g/mol. The van der Waals surface area contributed by atoms with Gasteiger partial charge in [-0.25, -0.2) is 5.43 Å². The largest absolute Gasteiger partial charge is 0.454 e. The van der Waals surface area contributed by atoms with Crippen LogP contribution < -0.4 is 20.3 Å². The second kappa shape index (κ2) is 6.29. The first-order chi connectivity index (χ1) is 11.7. The van der Waals surface area contributed by atoms with E-state index in [4.69, 9.17) is 9.47 Å². The molecule has 4 rings (SSSR count). The number of amides is 2. The Labute approximate surface area is 139 Å². The molecule has 1 unspecified atom stereocenters. The van der Waals surface area contributed by atoms with Gasteiger partial charge in [0.25, 0.3) is 0 Å². The number of rotatable bonds is 3. The minimum atomic E-state index is -0.432. The molecule has 8 heteroatoms. The molecule has 0 aromatic heterocycles. The van der Waals surface area contributed by atoms with E-state index < -0.39 is 6.04 Å². The Bertz CT molecular complexity index is 657. The Morgan fingerprint density at radius 2 is 1.96 bits per heavy atom. The van der Waals surface area contributed by atoms with Gasteiger partial charge in [0.2, 0.25) is 18.6 Å². The van der Waals surface area contributed by atoms with E-state index in [1.165, 1.54) is 5.56 Å². The van der Waals surface area contributed by atoms with Gasteiger partial charge in [0, 0.05) is 32.7 Å². The molecule has 24 heavy (non-hydrogen) atoms. The number of carbonyl (C=O) groups is 2. The Balaban J connectivity index is 1.30. The molecule has 3 heterocycles. The number of carbonyl (C=O) groups excluding carboxylic acids is 2. The molecule has 1 atom stereocenters. The molecule has 0 spiro atoms. The molecule has 3 aliphatic heterocycles. The average molecular weight is 332 g/mol. The fourth-order valence-electron chi connectivity index (χ4n) is 3.25. The zero-order valence-corrected chi connectivity index (χ0v) is 13.3. The van der Waals surface area contributed by atoms with Crippen LogP contribution in [0.1, 0.15) is 12.0 Å². The van der Waals surface area contributed by atoms with E-state index in [0.717, 1.165) is 31.1 Å². The van der Waals surface area contributed by atoms with Gasteiger partial charge in [-0.2, -0.15) is 0 Å². The third-order valence-electron chi connectivity index (χ3n) is 4.60. The lowest BCUT2D eigenvalue weighted by atomic mass is 10.1. The monoisotopic (exact) mass is 332 g/mol. The van der Waals surface area contributed by atoms with Crippen LogP contribution in [0.25, 0.3) is 0 Å². The lowest BCUT2D eigenvalue weighted by molar-refractivity contribution is -0.135. The second-order valence-corrected chi connectivity index (χ2v) is 6.24. The first-order valence-electron chi connectivity index (χ1n) is 8.13. The van der Waals surface area contributed by atoms with Gasteiger partial charge in [-0.05, 0) is 17.7 Å². The van der Waals surface area contributed by atoms with Crippen LogP contribution >= 0.6 is 0 Å². The lowest BCUT2D eigenvalue weighted by Gasteiger charge is -2.35. The van der Waals surface area contributed by atoms with Gasteiger partial charge in [0.15, 0.2) is 11.5 Å². The van der Waals surface area contributed by atoms with E-state index in [0.29, 0.717) is 13.1 Å². The number of nitrogens with one attached hydrogen (secondary N) is 2. The fraction of sp³-hybridized carbons (Fsp3) is 0.500. The number of benzene rings is 1. The number of hydrazine groups is 1. The van der Waals surface area contributed by atoms with Gasteiger partial charge in [-0.3, -0.25) is 19.9 Å². The van der Waals surface area contributed by atoms with Crippen LogP contribution in [0.15, 0.2) is 18.2 Å². The predicted molar refractivity (Wildman–Crippen MR) is 84.1 cm³/mol. The maximum atomic E-state index is 12.4. The quantitative estimate of drug-likeness (QED) is 0.773. The fourth-order valence-corrected chi connectivity index (χ4v) is 3.25. The Morgan fingerprint density at radius 3 is 2.71 bits per heavy atom. The summed E-state index contributed by atoms with van der Waals surface area (Å²) in [7, 11) is 0. The minimum Gasteiger partial charge on any atom is -0.454 e. The van der Waals surface area contributed by atoms with Crippen LogP contribution in [0.4, 0.5) is 0 Å². The number of ether oxygens (including phenoxy) is 2. The molecular formula is C16H20N4O4. The van der Waals surface area contributed by atoms with Crippen molar-refractivity contribution in [1.29, 1.82) is 0 Å². The van der Waals surface area contributed by atoms with E-state index in [1.54, 1.807) is 0 Å². The molecule has 2 amide bonds. The molecule has 0 aliphatic carbocycles. The molecule has 0 radical (unpaired) electrons. The van der Waals surface area contributed by atoms with Gasteiger partial charge in [-0.1, -0.05) is 6.07 Å². The van der Waals surface area contributed by atoms with Crippen molar-refractivity contribution in [2.45, 2.75) is 19.0 Å². The average Bonchev–Trinajstić information content (AvgIpc) is 3.23. The van der Waals surface area contributed by atoms with Crippen molar-refractivity contribution >= 4 is 11.8 Å². The first kappa shape index (κ1) is 15.2. The topological polar surface area (TPSA) is 83.1 Å². The summed E-state index contributed by atoms with van der Waals surface area (Å²) in [5.41, 5.74) is 6.40. The molecule has 2 N–H and O–H groups in total. The number of nitrogens with zero attached hydrogens (tertiary/aromatic N) is 2. The van der Waals surface area contributed by atoms with E-state index >= 15 is 0 Å². The lowest BCUT2D eigenvalue weighted by Crippen LogP contribution is -2.53. The highest BCUT2D eigenvalue weighted by molar-refractivity contribution is 5.90. The van der Waals surface area contributed by atoms with Crippen LogP contribution in [0.5, 0.6) is 11.5 Å². The number of piperazine rings is 1. The maximum Gasteiger partial charge on any atom is 0.242 e. The van der Waals surface area contributed by atoms with Crippen molar-refractivity contribution in [2.75, 3.05) is 33.0 Å². The van der Waals surface area contributed by atoms with E-state index in [9.17, 15) is 9.59 Å². The summed E-state index contributed by atoms with van der Waals surface area (Å²) in [6.07, 6.45) is 0.218. The molecule has 0 saturated carbocycles. The zero-order valence-electron chi connectivity index (χ0n) is 13.3. The van der Waals surface area contributed by atoms with Crippen molar-refractivity contribution in [1.82, 2.24) is 20.7 Å². The molecule has 0 bridgehead atoms. The molecule has 8 nitrogen and oxygen atoms in total. The zero-order chi connectivity index (χ0) is 16.5. The standard InChI is InChI=1S/C16H20N4O4/c21-15-8-12(17-18-15)16(22)20-5-3-19(4-6-20)9-11-1-2-13-14(7-11)24-10-23-13/h1-2,7,12,17H,3-6,8-10H2,(H,18,21). The van der Waals surface area contributed by atoms with Crippen LogP contribution in [0, 0.1) is 0 Å². The van der Waals surface area contributed by atoms with Gasteiger partial charge in [0.05, 0.1) is 6.42 Å². The highest BCUT2D eigenvalue weighted by Gasteiger charge is 2.32. The summed E-state index contributed by atoms with van der Waals surface area (Å²) in [6, 6.07) is 5.57. The van der Waals surface area contributed by atoms with Crippen LogP contribution in [0.3, 0.4) is 0 Å². The SMILES string of the molecule is O=C1CC(C(=O)N2CCN(Cc3ccc4c(c3)OCO4)CC2)NN1. The molecule has 128 valence electrons. The highest BCUT2D eigenvalue weighted by atomic mass is 16.7. The predicted octanol–water partition coefficient (Wildman–Crippen LogP) is -0.547. The summed E-state index contributed by atoms with van der Waals surface area (Å²) in [4.78, 5) is 27.7. The molecule has 2 fully saturated rings. The van der Waals surface area contributed by atoms with Gasteiger partial charge in [0.1, 0.15) is 6.04 Å². The van der Waals surface area contributed by atoms with Gasteiger partial charge < -0.3 is 14.4 Å².